The summed E-state index contributed by atoms with van der Waals surface area (Å²) in [7, 11) is 1.68. The molecule has 8 heteroatoms. The molecule has 0 aliphatic heterocycles. The molecule has 1 aromatic heterocycles. The Morgan fingerprint density at radius 1 is 1.42 bits per heavy atom. The molecule has 2 aliphatic rings. The van der Waals surface area contributed by atoms with Gasteiger partial charge in [-0.1, -0.05) is 11.6 Å². The van der Waals surface area contributed by atoms with Gasteiger partial charge in [0.15, 0.2) is 0 Å². The van der Waals surface area contributed by atoms with Crippen LogP contribution in [-0.2, 0) is 11.8 Å². The molecular formula is C18H18ClFN4O2. The lowest BCUT2D eigenvalue weighted by molar-refractivity contribution is -0.132. The first kappa shape index (κ1) is 17.0. The fourth-order valence-corrected chi connectivity index (χ4v) is 4.24. The number of aromatic nitrogens is 2. The van der Waals surface area contributed by atoms with Crippen LogP contribution in [-0.4, -0.2) is 21.5 Å². The summed E-state index contributed by atoms with van der Waals surface area (Å²) in [6.07, 6.45) is 2.18. The van der Waals surface area contributed by atoms with E-state index >= 15 is 0 Å². The highest BCUT2D eigenvalue weighted by Crippen LogP contribution is 2.51. The molecule has 3 atom stereocenters. The molecule has 6 nitrogen and oxygen atoms in total. The zero-order valence-electron chi connectivity index (χ0n) is 14.1. The van der Waals surface area contributed by atoms with Crippen molar-refractivity contribution < 1.29 is 14.0 Å². The van der Waals surface area contributed by atoms with Crippen LogP contribution in [0.4, 0.5) is 15.9 Å². The number of nitrogens with zero attached hydrogens (tertiary/aromatic N) is 2. The van der Waals surface area contributed by atoms with Crippen molar-refractivity contribution >= 4 is 34.8 Å². The molecule has 3 N–H and O–H groups in total. The molecule has 2 fully saturated rings. The zero-order chi connectivity index (χ0) is 18.6. The van der Waals surface area contributed by atoms with Crippen molar-refractivity contribution in [3.63, 3.8) is 0 Å². The Balaban J connectivity index is 1.62. The first-order chi connectivity index (χ1) is 12.3. The fraction of sp³-hybridized carbons (Fsp3) is 0.389. The van der Waals surface area contributed by atoms with Crippen LogP contribution in [0.15, 0.2) is 18.2 Å². The van der Waals surface area contributed by atoms with E-state index in [-0.39, 0.29) is 22.7 Å². The number of halogens is 2. The number of carbonyl (C=O) groups excluding carboxylic acids is 2. The van der Waals surface area contributed by atoms with Gasteiger partial charge < -0.3 is 11.1 Å². The van der Waals surface area contributed by atoms with Crippen molar-refractivity contribution in [2.75, 3.05) is 11.1 Å². The number of Topliss-reactive ketones (excluding diaryl/α,β-unsaturated/α-hetero) is 1. The lowest BCUT2D eigenvalue weighted by atomic mass is 9.75. The smallest absolute Gasteiger partial charge is 0.261 e. The Kier molecular flexibility index (Phi) is 3.99. The SMILES string of the molecule is Cn1nc(C2CC3CC(=O)C3C2)c(C(=O)Nc2ccc(F)c(Cl)c2)c1N. The Morgan fingerprint density at radius 2 is 2.19 bits per heavy atom. The van der Waals surface area contributed by atoms with Crippen molar-refractivity contribution in [3.8, 4) is 0 Å². The first-order valence-electron chi connectivity index (χ1n) is 8.46. The van der Waals surface area contributed by atoms with E-state index in [0.29, 0.717) is 41.5 Å². The molecule has 0 saturated heterocycles. The largest absolute Gasteiger partial charge is 0.383 e. The van der Waals surface area contributed by atoms with Crippen LogP contribution in [0.3, 0.4) is 0 Å². The summed E-state index contributed by atoms with van der Waals surface area (Å²) >= 11 is 5.77. The number of fused-ring (bicyclic) bond motifs is 1. The number of hydrogen-bond acceptors (Lipinski definition) is 4. The molecule has 0 bridgehead atoms. The molecule has 1 aromatic carbocycles. The van der Waals surface area contributed by atoms with Gasteiger partial charge in [0.25, 0.3) is 5.91 Å². The van der Waals surface area contributed by atoms with Crippen LogP contribution < -0.4 is 11.1 Å². The number of benzene rings is 1. The summed E-state index contributed by atoms with van der Waals surface area (Å²) in [6.45, 7) is 0. The average molecular weight is 377 g/mol. The predicted molar refractivity (Wildman–Crippen MR) is 95.6 cm³/mol. The Bertz CT molecular complexity index is 926. The third kappa shape index (κ3) is 2.67. The number of nitrogens with two attached hydrogens (primary N) is 1. The second kappa shape index (κ2) is 6.09. The van der Waals surface area contributed by atoms with Gasteiger partial charge in [0.05, 0.1) is 10.7 Å². The van der Waals surface area contributed by atoms with Crippen molar-refractivity contribution in [1.29, 1.82) is 0 Å². The number of hydrogen-bond donors (Lipinski definition) is 2. The molecule has 2 aliphatic carbocycles. The molecule has 136 valence electrons. The lowest BCUT2D eigenvalue weighted by Gasteiger charge is -2.27. The van der Waals surface area contributed by atoms with Crippen LogP contribution in [0.5, 0.6) is 0 Å². The van der Waals surface area contributed by atoms with E-state index in [9.17, 15) is 14.0 Å². The second-order valence-electron chi connectivity index (χ2n) is 7.06. The Hall–Kier alpha value is -2.41. The second-order valence-corrected chi connectivity index (χ2v) is 7.46. The average Bonchev–Trinajstić information content (AvgIpc) is 3.08. The molecule has 1 amide bonds. The van der Waals surface area contributed by atoms with Crippen molar-refractivity contribution in [2.24, 2.45) is 18.9 Å². The van der Waals surface area contributed by atoms with Gasteiger partial charge in [0.1, 0.15) is 23.0 Å². The highest BCUT2D eigenvalue weighted by atomic mass is 35.5. The topological polar surface area (TPSA) is 90.0 Å². The van der Waals surface area contributed by atoms with E-state index in [1.165, 1.54) is 22.9 Å². The van der Waals surface area contributed by atoms with Crippen molar-refractivity contribution in [2.45, 2.75) is 25.2 Å². The zero-order valence-corrected chi connectivity index (χ0v) is 14.9. The normalized spacial score (nSPS) is 24.3. The summed E-state index contributed by atoms with van der Waals surface area (Å²) < 4.78 is 14.8. The van der Waals surface area contributed by atoms with E-state index in [1.54, 1.807) is 7.05 Å². The molecule has 2 aromatic rings. The quantitative estimate of drug-likeness (QED) is 0.861. The Labute approximate surface area is 154 Å². The van der Waals surface area contributed by atoms with Crippen molar-refractivity contribution in [1.82, 2.24) is 9.78 Å². The number of nitrogen functional groups attached to an aromatic ring is 1. The van der Waals surface area contributed by atoms with Gasteiger partial charge in [-0.25, -0.2) is 4.39 Å². The predicted octanol–water partition coefficient (Wildman–Crippen LogP) is 3.13. The van der Waals surface area contributed by atoms with Crippen LogP contribution in [0.2, 0.25) is 5.02 Å². The highest BCUT2D eigenvalue weighted by Gasteiger charge is 2.48. The van der Waals surface area contributed by atoms with E-state index in [2.05, 4.69) is 10.4 Å². The molecule has 4 rings (SSSR count). The standard InChI is InChI=1S/C18H18ClFN4O2/c1-24-17(21)15(18(26)22-10-2-3-13(20)12(19)7-10)16(23-24)9-4-8-6-14(25)11(8)5-9/h2-3,7-9,11H,4-6,21H2,1H3,(H,22,26). The monoisotopic (exact) mass is 376 g/mol. The van der Waals surface area contributed by atoms with E-state index < -0.39 is 11.7 Å². The summed E-state index contributed by atoms with van der Waals surface area (Å²) in [5.41, 5.74) is 7.39. The summed E-state index contributed by atoms with van der Waals surface area (Å²) in [5.74, 6) is 0.107. The van der Waals surface area contributed by atoms with E-state index in [0.717, 1.165) is 6.42 Å². The maximum absolute atomic E-state index is 13.3. The number of rotatable bonds is 3. The maximum atomic E-state index is 13.3. The van der Waals surface area contributed by atoms with E-state index in [4.69, 9.17) is 17.3 Å². The van der Waals surface area contributed by atoms with Gasteiger partial charge in [0.2, 0.25) is 0 Å². The minimum atomic E-state index is -0.558. The minimum Gasteiger partial charge on any atom is -0.383 e. The van der Waals surface area contributed by atoms with Gasteiger partial charge in [0, 0.05) is 31.0 Å². The summed E-state index contributed by atoms with van der Waals surface area (Å²) in [6, 6.07) is 3.96. The van der Waals surface area contributed by atoms with Gasteiger partial charge in [-0.2, -0.15) is 5.10 Å². The van der Waals surface area contributed by atoms with Gasteiger partial charge in [-0.05, 0) is 37.0 Å². The summed E-state index contributed by atoms with van der Waals surface area (Å²) in [5, 5.41) is 7.07. The number of amides is 1. The number of ketones is 1. The lowest BCUT2D eigenvalue weighted by Crippen LogP contribution is -2.32. The minimum absolute atomic E-state index is 0.0394. The number of carbonyl (C=O) groups is 2. The molecule has 26 heavy (non-hydrogen) atoms. The van der Waals surface area contributed by atoms with Crippen LogP contribution >= 0.6 is 11.6 Å². The maximum Gasteiger partial charge on any atom is 0.261 e. The van der Waals surface area contributed by atoms with Gasteiger partial charge in [-0.15, -0.1) is 0 Å². The third-order valence-corrected chi connectivity index (χ3v) is 5.77. The molecule has 2 saturated carbocycles. The molecule has 0 spiro atoms. The number of aryl methyl sites for hydroxylation is 1. The van der Waals surface area contributed by atoms with Crippen LogP contribution in [0.25, 0.3) is 0 Å². The van der Waals surface area contributed by atoms with Crippen molar-refractivity contribution in [3.05, 3.63) is 40.3 Å². The highest BCUT2D eigenvalue weighted by molar-refractivity contribution is 6.31. The molecule has 0 radical (unpaired) electrons. The number of anilines is 2. The van der Waals surface area contributed by atoms with Gasteiger partial charge >= 0.3 is 0 Å². The van der Waals surface area contributed by atoms with Crippen LogP contribution in [0, 0.1) is 17.7 Å². The third-order valence-electron chi connectivity index (χ3n) is 5.48. The molecular weight excluding hydrogens is 359 g/mol. The first-order valence-corrected chi connectivity index (χ1v) is 8.84. The number of nitrogens with one attached hydrogen (secondary N) is 1. The molecule has 1 heterocycles. The fourth-order valence-electron chi connectivity index (χ4n) is 4.06. The Morgan fingerprint density at radius 3 is 2.85 bits per heavy atom. The summed E-state index contributed by atoms with van der Waals surface area (Å²) in [4.78, 5) is 24.5. The van der Waals surface area contributed by atoms with E-state index in [1.807, 2.05) is 0 Å². The molecule has 3 unspecified atom stereocenters. The van der Waals surface area contributed by atoms with Crippen LogP contribution in [0.1, 0.15) is 41.2 Å². The van der Waals surface area contributed by atoms with Gasteiger partial charge in [-0.3, -0.25) is 14.3 Å².